The molecule has 0 radical (unpaired) electrons. The molecule has 94 valence electrons. The number of benzene rings is 2. The Labute approximate surface area is 115 Å². The van der Waals surface area contributed by atoms with E-state index in [1.807, 2.05) is 36.4 Å². The Balaban J connectivity index is 2.04. The van der Waals surface area contributed by atoms with E-state index < -0.39 is 0 Å². The Morgan fingerprint density at radius 3 is 2.33 bits per heavy atom. The summed E-state index contributed by atoms with van der Waals surface area (Å²) in [6, 6.07) is 13.3. The summed E-state index contributed by atoms with van der Waals surface area (Å²) in [4.78, 5) is 0. The molecule has 0 heterocycles. The standard InChI is InChI=1S/C14H14BrNO2/c1-17-13-5-2-10(14(16)8-13)9-18-12-6-3-11(15)4-7-12/h2-8H,9,16H2,1H3. The molecule has 0 aromatic heterocycles. The zero-order chi connectivity index (χ0) is 13.0. The molecule has 18 heavy (non-hydrogen) atoms. The number of ether oxygens (including phenoxy) is 2. The molecular weight excluding hydrogens is 294 g/mol. The van der Waals surface area contributed by atoms with E-state index >= 15 is 0 Å². The molecule has 0 fully saturated rings. The number of hydrogen-bond acceptors (Lipinski definition) is 3. The highest BCUT2D eigenvalue weighted by Crippen LogP contribution is 2.22. The zero-order valence-corrected chi connectivity index (χ0v) is 11.6. The molecule has 3 nitrogen and oxygen atoms in total. The predicted molar refractivity (Wildman–Crippen MR) is 75.9 cm³/mol. The van der Waals surface area contributed by atoms with Gasteiger partial charge in [-0.15, -0.1) is 0 Å². The van der Waals surface area contributed by atoms with Crippen molar-refractivity contribution in [2.24, 2.45) is 0 Å². The van der Waals surface area contributed by atoms with Gasteiger partial charge >= 0.3 is 0 Å². The molecule has 0 aliphatic heterocycles. The van der Waals surface area contributed by atoms with Gasteiger partial charge in [-0.3, -0.25) is 0 Å². The Kier molecular flexibility index (Phi) is 4.10. The second-order valence-corrected chi connectivity index (χ2v) is 4.72. The van der Waals surface area contributed by atoms with Crippen LogP contribution in [-0.2, 0) is 6.61 Å². The maximum atomic E-state index is 5.92. The maximum Gasteiger partial charge on any atom is 0.120 e. The lowest BCUT2D eigenvalue weighted by atomic mass is 10.2. The van der Waals surface area contributed by atoms with Crippen molar-refractivity contribution in [3.63, 3.8) is 0 Å². The molecule has 2 aromatic rings. The Morgan fingerprint density at radius 2 is 1.72 bits per heavy atom. The first-order valence-corrected chi connectivity index (χ1v) is 6.29. The fourth-order valence-electron chi connectivity index (χ4n) is 1.52. The summed E-state index contributed by atoms with van der Waals surface area (Å²) < 4.78 is 11.8. The second-order valence-electron chi connectivity index (χ2n) is 3.81. The van der Waals surface area contributed by atoms with Crippen molar-refractivity contribution in [3.8, 4) is 11.5 Å². The van der Waals surface area contributed by atoms with Gasteiger partial charge in [0.1, 0.15) is 18.1 Å². The van der Waals surface area contributed by atoms with Crippen LogP contribution in [0.2, 0.25) is 0 Å². The second kappa shape index (κ2) is 5.78. The first-order chi connectivity index (χ1) is 8.69. The fraction of sp³-hybridized carbons (Fsp3) is 0.143. The summed E-state index contributed by atoms with van der Waals surface area (Å²) in [6.45, 7) is 0.442. The van der Waals surface area contributed by atoms with Gasteiger partial charge in [0.15, 0.2) is 0 Å². The molecule has 0 bridgehead atoms. The van der Waals surface area contributed by atoms with Crippen LogP contribution in [0.3, 0.4) is 0 Å². The van der Waals surface area contributed by atoms with E-state index in [2.05, 4.69) is 15.9 Å². The molecule has 0 amide bonds. The van der Waals surface area contributed by atoms with Crippen molar-refractivity contribution in [1.29, 1.82) is 0 Å². The van der Waals surface area contributed by atoms with Crippen LogP contribution in [0.4, 0.5) is 5.69 Å². The molecule has 4 heteroatoms. The zero-order valence-electron chi connectivity index (χ0n) is 10.0. The average molecular weight is 308 g/mol. The van der Waals surface area contributed by atoms with Gasteiger partial charge in [-0.05, 0) is 36.4 Å². The van der Waals surface area contributed by atoms with Gasteiger partial charge in [-0.2, -0.15) is 0 Å². The summed E-state index contributed by atoms with van der Waals surface area (Å²) in [5.41, 5.74) is 7.53. The molecule has 0 aliphatic rings. The average Bonchev–Trinajstić information content (AvgIpc) is 2.39. The molecule has 2 rings (SSSR count). The molecule has 0 spiro atoms. The first-order valence-electron chi connectivity index (χ1n) is 5.50. The third kappa shape index (κ3) is 3.17. The normalized spacial score (nSPS) is 10.1. The van der Waals surface area contributed by atoms with Crippen LogP contribution in [-0.4, -0.2) is 7.11 Å². The number of hydrogen-bond donors (Lipinski definition) is 1. The predicted octanol–water partition coefficient (Wildman–Crippen LogP) is 3.62. The van der Waals surface area contributed by atoms with Crippen molar-refractivity contribution in [2.75, 3.05) is 12.8 Å². The van der Waals surface area contributed by atoms with Crippen molar-refractivity contribution in [3.05, 3.63) is 52.5 Å². The minimum Gasteiger partial charge on any atom is -0.497 e. The maximum absolute atomic E-state index is 5.92. The number of nitrogens with two attached hydrogens (primary N) is 1. The number of nitrogen functional groups attached to an aromatic ring is 1. The highest BCUT2D eigenvalue weighted by Gasteiger charge is 2.02. The lowest BCUT2D eigenvalue weighted by molar-refractivity contribution is 0.306. The van der Waals surface area contributed by atoms with Crippen LogP contribution in [0, 0.1) is 0 Å². The first kappa shape index (κ1) is 12.8. The van der Waals surface area contributed by atoms with Gasteiger partial charge < -0.3 is 15.2 Å². The van der Waals surface area contributed by atoms with Gasteiger partial charge in [0.05, 0.1) is 7.11 Å². The highest BCUT2D eigenvalue weighted by molar-refractivity contribution is 9.10. The van der Waals surface area contributed by atoms with Gasteiger partial charge in [0.2, 0.25) is 0 Å². The van der Waals surface area contributed by atoms with E-state index in [0.717, 1.165) is 21.5 Å². The van der Waals surface area contributed by atoms with Crippen molar-refractivity contribution < 1.29 is 9.47 Å². The molecule has 2 N–H and O–H groups in total. The summed E-state index contributed by atoms with van der Waals surface area (Å²) in [7, 11) is 1.62. The Hall–Kier alpha value is -1.68. The summed E-state index contributed by atoms with van der Waals surface area (Å²) in [6.07, 6.45) is 0. The van der Waals surface area contributed by atoms with Gasteiger partial charge in [0, 0.05) is 21.8 Å². The molecule has 0 aliphatic carbocycles. The van der Waals surface area contributed by atoms with Crippen LogP contribution < -0.4 is 15.2 Å². The molecule has 0 saturated carbocycles. The quantitative estimate of drug-likeness (QED) is 0.877. The monoisotopic (exact) mass is 307 g/mol. The smallest absolute Gasteiger partial charge is 0.120 e. The van der Waals surface area contributed by atoms with Crippen LogP contribution in [0.25, 0.3) is 0 Å². The van der Waals surface area contributed by atoms with Crippen LogP contribution in [0.1, 0.15) is 5.56 Å². The number of halogens is 1. The van der Waals surface area contributed by atoms with Gasteiger partial charge in [0.25, 0.3) is 0 Å². The summed E-state index contributed by atoms with van der Waals surface area (Å²) in [5, 5.41) is 0. The van der Waals surface area contributed by atoms with Gasteiger partial charge in [-0.1, -0.05) is 15.9 Å². The van der Waals surface area contributed by atoms with E-state index in [9.17, 15) is 0 Å². The summed E-state index contributed by atoms with van der Waals surface area (Å²) in [5.74, 6) is 1.56. The number of methoxy groups -OCH3 is 1. The molecule has 0 atom stereocenters. The van der Waals surface area contributed by atoms with Crippen molar-refractivity contribution >= 4 is 21.6 Å². The highest BCUT2D eigenvalue weighted by atomic mass is 79.9. The van der Waals surface area contributed by atoms with Crippen LogP contribution in [0.15, 0.2) is 46.9 Å². The van der Waals surface area contributed by atoms with Crippen LogP contribution >= 0.6 is 15.9 Å². The SMILES string of the molecule is COc1ccc(COc2ccc(Br)cc2)c(N)c1. The topological polar surface area (TPSA) is 44.5 Å². The van der Waals surface area contributed by atoms with E-state index in [1.54, 1.807) is 13.2 Å². The minimum atomic E-state index is 0.442. The van der Waals surface area contributed by atoms with E-state index in [1.165, 1.54) is 0 Å². The van der Waals surface area contributed by atoms with Crippen molar-refractivity contribution in [1.82, 2.24) is 0 Å². The molecule has 0 unspecified atom stereocenters. The lowest BCUT2D eigenvalue weighted by Gasteiger charge is -2.10. The fourth-order valence-corrected chi connectivity index (χ4v) is 1.79. The van der Waals surface area contributed by atoms with Crippen molar-refractivity contribution in [2.45, 2.75) is 6.61 Å². The lowest BCUT2D eigenvalue weighted by Crippen LogP contribution is -2.00. The number of rotatable bonds is 4. The van der Waals surface area contributed by atoms with E-state index in [0.29, 0.717) is 12.3 Å². The van der Waals surface area contributed by atoms with Gasteiger partial charge in [-0.25, -0.2) is 0 Å². The molecule has 2 aromatic carbocycles. The summed E-state index contributed by atoms with van der Waals surface area (Å²) >= 11 is 3.38. The number of anilines is 1. The molecule has 0 saturated heterocycles. The largest absolute Gasteiger partial charge is 0.497 e. The third-order valence-electron chi connectivity index (χ3n) is 2.56. The molecular formula is C14H14BrNO2. The van der Waals surface area contributed by atoms with E-state index in [4.69, 9.17) is 15.2 Å². The van der Waals surface area contributed by atoms with E-state index in [-0.39, 0.29) is 0 Å². The third-order valence-corrected chi connectivity index (χ3v) is 3.09. The van der Waals surface area contributed by atoms with Crippen LogP contribution in [0.5, 0.6) is 11.5 Å². The Bertz CT molecular complexity index is 526. The Morgan fingerprint density at radius 1 is 1.06 bits per heavy atom. The minimum absolute atomic E-state index is 0.442.